The first-order valence-corrected chi connectivity index (χ1v) is 2.88. The van der Waals surface area contributed by atoms with E-state index in [0.717, 1.165) is 0 Å². The van der Waals surface area contributed by atoms with E-state index in [1.54, 1.807) is 0 Å². The summed E-state index contributed by atoms with van der Waals surface area (Å²) in [6.45, 7) is 3.62. The molecule has 2 nitrogen and oxygen atoms in total. The summed E-state index contributed by atoms with van der Waals surface area (Å²) in [7, 11) is 0. The third-order valence-corrected chi connectivity index (χ3v) is 1.17. The molecule has 2 heteroatoms. The van der Waals surface area contributed by atoms with Gasteiger partial charge < -0.3 is 0 Å². The van der Waals surface area contributed by atoms with E-state index in [-0.39, 0.29) is 5.92 Å². The van der Waals surface area contributed by atoms with Crippen molar-refractivity contribution in [3.8, 4) is 12.1 Å². The minimum atomic E-state index is 0.181. The molecule has 0 aliphatic heterocycles. The minimum absolute atomic E-state index is 0.181. The number of hydrogen-bond acceptors (Lipinski definition) is 2. The largest absolute Gasteiger partial charge is 0.198 e. The lowest BCUT2D eigenvalue weighted by atomic mass is 10.0. The Labute approximate surface area is 55.7 Å². The van der Waals surface area contributed by atoms with Gasteiger partial charge >= 0.3 is 0 Å². The van der Waals surface area contributed by atoms with Crippen LogP contribution in [0.3, 0.4) is 0 Å². The van der Waals surface area contributed by atoms with Gasteiger partial charge in [-0.2, -0.15) is 10.5 Å². The fourth-order valence-corrected chi connectivity index (χ4v) is 0.534. The smallest absolute Gasteiger partial charge is 0.0625 e. The fraction of sp³-hybridized carbons (Fsp3) is 0.571. The van der Waals surface area contributed by atoms with Crippen molar-refractivity contribution in [3.63, 3.8) is 0 Å². The van der Waals surface area contributed by atoms with Gasteiger partial charge in [0.1, 0.15) is 0 Å². The molecule has 0 aliphatic carbocycles. The molecule has 0 amide bonds. The highest BCUT2D eigenvalue weighted by Gasteiger charge is 2.02. The molecule has 0 aromatic carbocycles. The highest BCUT2D eigenvalue weighted by molar-refractivity contribution is 4.83. The van der Waals surface area contributed by atoms with E-state index < -0.39 is 0 Å². The Kier molecular flexibility index (Phi) is 4.54. The zero-order valence-corrected chi connectivity index (χ0v) is 5.30. The lowest BCUT2D eigenvalue weighted by molar-refractivity contribution is 0.560. The second kappa shape index (κ2) is 5.12. The lowest BCUT2D eigenvalue weighted by Gasteiger charge is -2.01. The predicted octanol–water partition coefficient (Wildman–Crippen LogP) is 1.65. The number of rotatable bonds is 3. The zero-order valence-electron chi connectivity index (χ0n) is 5.30. The van der Waals surface area contributed by atoms with Crippen LogP contribution >= 0.6 is 0 Å². The summed E-state index contributed by atoms with van der Waals surface area (Å²) in [5.74, 6) is 0.181. The third kappa shape index (κ3) is 3.55. The topological polar surface area (TPSA) is 47.6 Å². The highest BCUT2D eigenvalue weighted by atomic mass is 14.3. The Bertz CT molecular complexity index is 122. The summed E-state index contributed by atoms with van der Waals surface area (Å²) >= 11 is 0. The van der Waals surface area contributed by atoms with E-state index in [9.17, 15) is 0 Å². The molecule has 0 saturated carbocycles. The van der Waals surface area contributed by atoms with Gasteiger partial charge in [0, 0.05) is 12.8 Å². The van der Waals surface area contributed by atoms with Crippen molar-refractivity contribution in [3.05, 3.63) is 6.92 Å². The highest BCUT2D eigenvalue weighted by Crippen LogP contribution is 2.09. The summed E-state index contributed by atoms with van der Waals surface area (Å²) < 4.78 is 0. The van der Waals surface area contributed by atoms with E-state index >= 15 is 0 Å². The quantitative estimate of drug-likeness (QED) is 0.570. The van der Waals surface area contributed by atoms with Crippen LogP contribution in [0.1, 0.15) is 19.3 Å². The molecule has 0 unspecified atom stereocenters. The SMILES string of the molecule is [CH2]CC(CC#N)CC#N. The lowest BCUT2D eigenvalue weighted by Crippen LogP contribution is -1.94. The molecule has 47 valence electrons. The van der Waals surface area contributed by atoms with Crippen LogP contribution < -0.4 is 0 Å². The Hall–Kier alpha value is -1.02. The average Bonchev–Trinajstić information content (AvgIpc) is 1.88. The Morgan fingerprint density at radius 1 is 1.22 bits per heavy atom. The van der Waals surface area contributed by atoms with Crippen LogP contribution in [0.5, 0.6) is 0 Å². The molecule has 0 aromatic rings. The van der Waals surface area contributed by atoms with Gasteiger partial charge in [0.05, 0.1) is 12.1 Å². The van der Waals surface area contributed by atoms with Gasteiger partial charge in [-0.05, 0) is 12.3 Å². The summed E-state index contributed by atoms with van der Waals surface area (Å²) in [4.78, 5) is 0. The first-order valence-electron chi connectivity index (χ1n) is 2.88. The first-order chi connectivity index (χ1) is 4.35. The van der Waals surface area contributed by atoms with Gasteiger partial charge in [0.15, 0.2) is 0 Å². The second-order valence-electron chi connectivity index (χ2n) is 1.88. The molecule has 0 rings (SSSR count). The van der Waals surface area contributed by atoms with Crippen molar-refractivity contribution in [1.82, 2.24) is 0 Å². The maximum absolute atomic E-state index is 8.21. The summed E-state index contributed by atoms with van der Waals surface area (Å²) in [5, 5.41) is 16.4. The van der Waals surface area contributed by atoms with Crippen molar-refractivity contribution in [2.75, 3.05) is 0 Å². The minimum Gasteiger partial charge on any atom is -0.198 e. The van der Waals surface area contributed by atoms with Crippen LogP contribution in [-0.2, 0) is 0 Å². The van der Waals surface area contributed by atoms with Gasteiger partial charge in [-0.15, -0.1) is 0 Å². The number of nitrogens with zero attached hydrogens (tertiary/aromatic N) is 2. The van der Waals surface area contributed by atoms with Crippen LogP contribution in [0.15, 0.2) is 0 Å². The molecule has 0 aliphatic rings. The Morgan fingerprint density at radius 3 is 1.89 bits per heavy atom. The molecular formula is C7H9N2. The van der Waals surface area contributed by atoms with E-state index in [1.807, 2.05) is 12.1 Å². The van der Waals surface area contributed by atoms with Crippen molar-refractivity contribution in [1.29, 1.82) is 10.5 Å². The normalized spacial score (nSPS) is 8.44. The molecule has 0 N–H and O–H groups in total. The third-order valence-electron chi connectivity index (χ3n) is 1.17. The molecule has 0 saturated heterocycles. The molecule has 0 fully saturated rings. The molecule has 1 radical (unpaired) electrons. The monoisotopic (exact) mass is 121 g/mol. The van der Waals surface area contributed by atoms with Crippen molar-refractivity contribution in [2.24, 2.45) is 5.92 Å². The zero-order chi connectivity index (χ0) is 7.11. The predicted molar refractivity (Wildman–Crippen MR) is 33.9 cm³/mol. The van der Waals surface area contributed by atoms with Gasteiger partial charge in [0.25, 0.3) is 0 Å². The van der Waals surface area contributed by atoms with Crippen molar-refractivity contribution >= 4 is 0 Å². The van der Waals surface area contributed by atoms with Crippen LogP contribution in [0.25, 0.3) is 0 Å². The van der Waals surface area contributed by atoms with E-state index in [0.29, 0.717) is 19.3 Å². The standard InChI is InChI=1S/C7H9N2/c1-2-7(3-5-8)4-6-9/h7H,1-4H2. The summed E-state index contributed by atoms with van der Waals surface area (Å²) in [5.41, 5.74) is 0. The van der Waals surface area contributed by atoms with Crippen LogP contribution in [0, 0.1) is 35.5 Å². The van der Waals surface area contributed by atoms with Gasteiger partial charge in [0.2, 0.25) is 0 Å². The average molecular weight is 121 g/mol. The van der Waals surface area contributed by atoms with Crippen LogP contribution in [-0.4, -0.2) is 0 Å². The molecular weight excluding hydrogens is 112 g/mol. The van der Waals surface area contributed by atoms with E-state index in [1.165, 1.54) is 0 Å². The van der Waals surface area contributed by atoms with Gasteiger partial charge in [-0.3, -0.25) is 0 Å². The molecule has 0 aromatic heterocycles. The van der Waals surface area contributed by atoms with Gasteiger partial charge in [-0.1, -0.05) is 6.92 Å². The molecule has 0 atom stereocenters. The maximum atomic E-state index is 8.21. The molecule has 9 heavy (non-hydrogen) atoms. The van der Waals surface area contributed by atoms with E-state index in [4.69, 9.17) is 10.5 Å². The summed E-state index contributed by atoms with van der Waals surface area (Å²) in [6.07, 6.45) is 1.59. The molecule has 0 heterocycles. The van der Waals surface area contributed by atoms with Crippen LogP contribution in [0.2, 0.25) is 0 Å². The Balaban J connectivity index is 3.47. The second-order valence-corrected chi connectivity index (χ2v) is 1.88. The summed E-state index contributed by atoms with van der Waals surface area (Å²) in [6, 6.07) is 4.02. The van der Waals surface area contributed by atoms with Crippen molar-refractivity contribution < 1.29 is 0 Å². The van der Waals surface area contributed by atoms with E-state index in [2.05, 4.69) is 6.92 Å². The molecule has 0 bridgehead atoms. The molecule has 0 spiro atoms. The number of hydrogen-bond donors (Lipinski definition) is 0. The Morgan fingerprint density at radius 2 is 1.67 bits per heavy atom. The maximum Gasteiger partial charge on any atom is 0.0625 e. The van der Waals surface area contributed by atoms with Crippen molar-refractivity contribution in [2.45, 2.75) is 19.3 Å². The first kappa shape index (κ1) is 7.98. The number of nitriles is 2. The fourth-order valence-electron chi connectivity index (χ4n) is 0.534. The van der Waals surface area contributed by atoms with Crippen LogP contribution in [0.4, 0.5) is 0 Å². The van der Waals surface area contributed by atoms with Gasteiger partial charge in [-0.25, -0.2) is 0 Å².